The highest BCUT2D eigenvalue weighted by molar-refractivity contribution is 5.94. The summed E-state index contributed by atoms with van der Waals surface area (Å²) in [5.41, 5.74) is 1.52. The van der Waals surface area contributed by atoms with Crippen LogP contribution in [0.3, 0.4) is 0 Å². The number of allylic oxidation sites excluding steroid dienone is 1. The third-order valence-corrected chi connectivity index (χ3v) is 5.73. The fraction of sp³-hybridized carbons (Fsp3) is 0.320. The lowest BCUT2D eigenvalue weighted by Crippen LogP contribution is -2.38. The van der Waals surface area contributed by atoms with Crippen LogP contribution in [-0.2, 0) is 0 Å². The molecule has 0 atom stereocenters. The lowest BCUT2D eigenvalue weighted by atomic mass is 10.1. The lowest BCUT2D eigenvalue weighted by Gasteiger charge is -2.30. The fourth-order valence-electron chi connectivity index (χ4n) is 3.96. The van der Waals surface area contributed by atoms with Crippen LogP contribution in [0.2, 0.25) is 0 Å². The van der Waals surface area contributed by atoms with Crippen molar-refractivity contribution in [2.24, 2.45) is 9.98 Å². The van der Waals surface area contributed by atoms with Gasteiger partial charge >= 0.3 is 0 Å². The minimum Gasteiger partial charge on any atom is -0.468 e. The van der Waals surface area contributed by atoms with Crippen LogP contribution in [-0.4, -0.2) is 58.6 Å². The van der Waals surface area contributed by atoms with E-state index in [1.165, 1.54) is 6.07 Å². The summed E-state index contributed by atoms with van der Waals surface area (Å²) in [4.78, 5) is 13.1. The Labute approximate surface area is 206 Å². The molecule has 3 heterocycles. The molecule has 0 unspecified atom stereocenters. The second-order valence-electron chi connectivity index (χ2n) is 8.38. The quantitative estimate of drug-likeness (QED) is 0.288. The zero-order valence-corrected chi connectivity index (χ0v) is 20.1. The number of H-pyrrole nitrogens is 2. The molecule has 8 nitrogen and oxygen atoms in total. The number of nitrogens with one attached hydrogen (secondary N) is 3. The largest absolute Gasteiger partial charge is 0.468 e. The van der Waals surface area contributed by atoms with Crippen molar-refractivity contribution in [2.45, 2.75) is 32.9 Å². The van der Waals surface area contributed by atoms with Crippen molar-refractivity contribution < 1.29 is 17.9 Å². The average molecular weight is 500 g/mol. The molecule has 3 aromatic rings. The molecular formula is C25H28F3N7O. The summed E-state index contributed by atoms with van der Waals surface area (Å²) in [6.07, 6.45) is 5.21. The number of piperidine rings is 1. The van der Waals surface area contributed by atoms with E-state index in [0.717, 1.165) is 11.8 Å². The van der Waals surface area contributed by atoms with Crippen molar-refractivity contribution in [3.8, 4) is 5.75 Å². The molecule has 0 bridgehead atoms. The average Bonchev–Trinajstić information content (AvgIpc) is 3.48. The number of fused-ring (bicyclic) bond motifs is 1. The first-order valence-electron chi connectivity index (χ1n) is 11.5. The van der Waals surface area contributed by atoms with Gasteiger partial charge in [0.2, 0.25) is 0 Å². The predicted molar refractivity (Wildman–Crippen MR) is 136 cm³/mol. The van der Waals surface area contributed by atoms with Crippen molar-refractivity contribution in [1.82, 2.24) is 20.1 Å². The first kappa shape index (κ1) is 25.1. The number of alkyl halides is 1. The van der Waals surface area contributed by atoms with Gasteiger partial charge in [0.25, 0.3) is 0 Å². The number of nitrogens with zero attached hydrogens (tertiary/aromatic N) is 4. The maximum atomic E-state index is 14.9. The summed E-state index contributed by atoms with van der Waals surface area (Å²) in [5.74, 6) is -0.222. The van der Waals surface area contributed by atoms with Crippen LogP contribution < -0.4 is 10.1 Å². The molecule has 3 N–H and O–H groups in total. The van der Waals surface area contributed by atoms with Gasteiger partial charge in [-0.2, -0.15) is 5.10 Å². The zero-order chi connectivity index (χ0) is 25.7. The smallest absolute Gasteiger partial charge is 0.181 e. The highest BCUT2D eigenvalue weighted by Crippen LogP contribution is 2.29. The first-order valence-corrected chi connectivity index (χ1v) is 11.5. The Hall–Kier alpha value is -4.02. The first-order chi connectivity index (χ1) is 17.4. The van der Waals surface area contributed by atoms with E-state index in [2.05, 4.69) is 37.2 Å². The number of likely N-dealkylation sites (tertiary alicyclic amines) is 1. The number of aliphatic imine (C=N–C) groups is 2. The van der Waals surface area contributed by atoms with Gasteiger partial charge < -0.3 is 19.9 Å². The SMILES string of the molecule is C=N/C(=C\C(=N/COc1cc(F)c2[nH]c(C)cc2c1F)N1CCC(F)CC1)Nc1cc(/C=C/C)[nH]n1. The van der Waals surface area contributed by atoms with Gasteiger partial charge in [-0.15, -0.1) is 0 Å². The molecule has 1 saturated heterocycles. The van der Waals surface area contributed by atoms with Crippen molar-refractivity contribution in [1.29, 1.82) is 0 Å². The van der Waals surface area contributed by atoms with Gasteiger partial charge in [0, 0.05) is 42.4 Å². The van der Waals surface area contributed by atoms with Crippen LogP contribution in [0.15, 0.2) is 46.2 Å². The van der Waals surface area contributed by atoms with Crippen molar-refractivity contribution >= 4 is 35.3 Å². The van der Waals surface area contributed by atoms with Gasteiger partial charge in [-0.05, 0) is 45.5 Å². The molecule has 0 spiro atoms. The lowest BCUT2D eigenvalue weighted by molar-refractivity contribution is 0.203. The van der Waals surface area contributed by atoms with Crippen LogP contribution in [0.25, 0.3) is 17.0 Å². The number of ether oxygens (including phenoxy) is 1. The van der Waals surface area contributed by atoms with Gasteiger partial charge in [0.15, 0.2) is 29.9 Å². The van der Waals surface area contributed by atoms with Gasteiger partial charge in [0.1, 0.15) is 17.8 Å². The Morgan fingerprint density at radius 1 is 1.31 bits per heavy atom. The summed E-state index contributed by atoms with van der Waals surface area (Å²) in [6.45, 7) is 7.80. The van der Waals surface area contributed by atoms with Crippen LogP contribution in [0, 0.1) is 18.6 Å². The number of benzene rings is 1. The highest BCUT2D eigenvalue weighted by atomic mass is 19.1. The Morgan fingerprint density at radius 2 is 2.08 bits per heavy atom. The number of rotatable bonds is 8. The number of amidine groups is 1. The van der Waals surface area contributed by atoms with E-state index in [-0.39, 0.29) is 23.4 Å². The molecule has 1 aliphatic rings. The summed E-state index contributed by atoms with van der Waals surface area (Å²) in [5, 5.41) is 10.2. The maximum Gasteiger partial charge on any atom is 0.181 e. The molecule has 0 aliphatic carbocycles. The second kappa shape index (κ2) is 11.1. The third-order valence-electron chi connectivity index (χ3n) is 5.73. The van der Waals surface area contributed by atoms with E-state index in [9.17, 15) is 13.2 Å². The number of hydrogen-bond donors (Lipinski definition) is 3. The zero-order valence-electron chi connectivity index (χ0n) is 20.1. The summed E-state index contributed by atoms with van der Waals surface area (Å²) in [7, 11) is 0. The Balaban J connectivity index is 1.56. The number of halogens is 3. The van der Waals surface area contributed by atoms with Crippen LogP contribution in [0.1, 0.15) is 31.2 Å². The molecule has 1 aliphatic heterocycles. The monoisotopic (exact) mass is 499 g/mol. The highest BCUT2D eigenvalue weighted by Gasteiger charge is 2.21. The van der Waals surface area contributed by atoms with Crippen molar-refractivity contribution in [3.05, 3.63) is 59.2 Å². The Morgan fingerprint density at radius 3 is 2.81 bits per heavy atom. The van der Waals surface area contributed by atoms with E-state index in [4.69, 9.17) is 4.74 Å². The van der Waals surface area contributed by atoms with Gasteiger partial charge in [-0.25, -0.2) is 23.2 Å². The summed E-state index contributed by atoms with van der Waals surface area (Å²) >= 11 is 0. The minimum atomic E-state index is -0.874. The summed E-state index contributed by atoms with van der Waals surface area (Å²) < 4.78 is 48.5. The van der Waals surface area contributed by atoms with Crippen LogP contribution >= 0.6 is 0 Å². The Kier molecular flexibility index (Phi) is 7.77. The molecule has 2 aromatic heterocycles. The number of hydrogen-bond acceptors (Lipinski definition) is 5. The predicted octanol–water partition coefficient (Wildman–Crippen LogP) is 5.33. The van der Waals surface area contributed by atoms with Crippen LogP contribution in [0.4, 0.5) is 19.0 Å². The molecule has 0 radical (unpaired) electrons. The molecule has 1 aromatic carbocycles. The van der Waals surface area contributed by atoms with Crippen molar-refractivity contribution in [3.63, 3.8) is 0 Å². The third kappa shape index (κ3) is 5.78. The van der Waals surface area contributed by atoms with Crippen LogP contribution in [0.5, 0.6) is 5.75 Å². The topological polar surface area (TPSA) is 93.7 Å². The number of aromatic nitrogens is 3. The van der Waals surface area contributed by atoms with E-state index >= 15 is 0 Å². The van der Waals surface area contributed by atoms with E-state index < -0.39 is 17.8 Å². The molecule has 36 heavy (non-hydrogen) atoms. The number of aryl methyl sites for hydroxylation is 1. The maximum absolute atomic E-state index is 14.9. The number of anilines is 1. The van der Waals surface area contributed by atoms with E-state index in [1.807, 2.05) is 24.0 Å². The van der Waals surface area contributed by atoms with Gasteiger partial charge in [0.05, 0.1) is 11.2 Å². The minimum absolute atomic E-state index is 0.0855. The molecule has 190 valence electrons. The molecule has 0 amide bonds. The number of aromatic amines is 2. The molecule has 0 saturated carbocycles. The van der Waals surface area contributed by atoms with Gasteiger partial charge in [-0.1, -0.05) is 6.08 Å². The normalized spacial score (nSPS) is 15.8. The molecule has 11 heteroatoms. The van der Waals surface area contributed by atoms with Crippen molar-refractivity contribution in [2.75, 3.05) is 25.1 Å². The summed E-state index contributed by atoms with van der Waals surface area (Å²) in [6, 6.07) is 4.30. The Bertz CT molecular complexity index is 1320. The van der Waals surface area contributed by atoms with E-state index in [0.29, 0.717) is 49.1 Å². The molecule has 1 fully saturated rings. The second-order valence-corrected chi connectivity index (χ2v) is 8.38. The van der Waals surface area contributed by atoms with E-state index in [1.54, 1.807) is 19.1 Å². The van der Waals surface area contributed by atoms with Gasteiger partial charge in [-0.3, -0.25) is 5.10 Å². The standard InChI is InChI=1S/C25H28F3N7O/c1-4-5-17-11-22(34-33-17)32-21(29-3)13-23(35-8-6-16(26)7-9-35)30-14-36-20-12-19(27)25-18(24(20)28)10-15(2)31-25/h4-5,10-13,16,31H,3,6-9,14H2,1-2H3,(H2,32,33,34)/b5-4+,21-13+,30-23+. The molecule has 4 rings (SSSR count). The molecular weight excluding hydrogens is 471 g/mol. The fourth-order valence-corrected chi connectivity index (χ4v) is 3.96.